The Balaban J connectivity index is 0.000000171. The van der Waals surface area contributed by atoms with Gasteiger partial charge in [0.2, 0.25) is 0 Å². The third-order valence-electron chi connectivity index (χ3n) is 3.46. The molecule has 0 aliphatic carbocycles. The molecule has 5 heteroatoms. The molecule has 1 unspecified atom stereocenters. The Morgan fingerprint density at radius 2 is 1.76 bits per heavy atom. The van der Waals surface area contributed by atoms with Gasteiger partial charge in [-0.15, -0.1) is 0 Å². The Labute approximate surface area is 105 Å². The first-order valence-electron chi connectivity index (χ1n) is 6.69. The number of aliphatic hydroxyl groups is 1. The van der Waals surface area contributed by atoms with E-state index >= 15 is 0 Å². The third-order valence-corrected chi connectivity index (χ3v) is 3.46. The standard InChI is InChI=1S/C6H14N2O.C6H14N2/c9-6-5-8-3-1-7-2-4-8;1-6-5-7-3-4-8(6)2/h7,9H,1-6H2;6-7H,3-5H2,1-2H3. The number of nitrogens with one attached hydrogen (secondary N) is 2. The molecule has 5 nitrogen and oxygen atoms in total. The topological polar surface area (TPSA) is 50.8 Å². The summed E-state index contributed by atoms with van der Waals surface area (Å²) in [6, 6.07) is 0.726. The minimum Gasteiger partial charge on any atom is -0.395 e. The van der Waals surface area contributed by atoms with E-state index in [-0.39, 0.29) is 0 Å². The van der Waals surface area contributed by atoms with E-state index in [4.69, 9.17) is 5.11 Å². The fraction of sp³-hybridized carbons (Fsp3) is 1.00. The first-order valence-corrected chi connectivity index (χ1v) is 6.69. The normalized spacial score (nSPS) is 27.4. The highest BCUT2D eigenvalue weighted by molar-refractivity contribution is 4.72. The van der Waals surface area contributed by atoms with Crippen molar-refractivity contribution >= 4 is 0 Å². The lowest BCUT2D eigenvalue weighted by Crippen LogP contribution is -2.47. The zero-order valence-corrected chi connectivity index (χ0v) is 11.3. The minimum atomic E-state index is 0.292. The quantitative estimate of drug-likeness (QED) is 0.569. The predicted molar refractivity (Wildman–Crippen MR) is 71.4 cm³/mol. The Morgan fingerprint density at radius 3 is 2.24 bits per heavy atom. The molecule has 2 aliphatic rings. The molecule has 2 rings (SSSR count). The molecule has 0 amide bonds. The fourth-order valence-corrected chi connectivity index (χ4v) is 2.02. The molecule has 102 valence electrons. The number of aliphatic hydroxyl groups excluding tert-OH is 1. The number of hydrogen-bond acceptors (Lipinski definition) is 5. The van der Waals surface area contributed by atoms with Crippen LogP contribution < -0.4 is 10.6 Å². The molecule has 0 radical (unpaired) electrons. The van der Waals surface area contributed by atoms with E-state index in [9.17, 15) is 0 Å². The van der Waals surface area contributed by atoms with Crippen LogP contribution in [-0.2, 0) is 0 Å². The number of piperazine rings is 2. The van der Waals surface area contributed by atoms with Crippen LogP contribution in [0.3, 0.4) is 0 Å². The monoisotopic (exact) mass is 244 g/mol. The number of likely N-dealkylation sites (N-methyl/N-ethyl adjacent to an activating group) is 1. The third kappa shape index (κ3) is 6.33. The summed E-state index contributed by atoms with van der Waals surface area (Å²) in [5, 5.41) is 15.1. The molecule has 1 atom stereocenters. The van der Waals surface area contributed by atoms with Crippen LogP contribution in [0.25, 0.3) is 0 Å². The summed E-state index contributed by atoms with van der Waals surface area (Å²) < 4.78 is 0. The highest BCUT2D eigenvalue weighted by Gasteiger charge is 2.11. The SMILES string of the molecule is CC1CNCCN1C.OCCN1CCNCC1. The molecule has 2 fully saturated rings. The van der Waals surface area contributed by atoms with Crippen molar-refractivity contribution in [3.8, 4) is 0 Å². The van der Waals surface area contributed by atoms with Crippen molar-refractivity contribution in [1.82, 2.24) is 20.4 Å². The average Bonchev–Trinajstić information content (AvgIpc) is 2.36. The average molecular weight is 244 g/mol. The first kappa shape index (κ1) is 14.9. The second-order valence-corrected chi connectivity index (χ2v) is 4.85. The van der Waals surface area contributed by atoms with Gasteiger partial charge < -0.3 is 20.6 Å². The predicted octanol–water partition coefficient (Wildman–Crippen LogP) is -1.21. The lowest BCUT2D eigenvalue weighted by molar-refractivity contribution is 0.180. The maximum absolute atomic E-state index is 8.56. The van der Waals surface area contributed by atoms with Crippen LogP contribution in [0.2, 0.25) is 0 Å². The van der Waals surface area contributed by atoms with Crippen molar-refractivity contribution in [1.29, 1.82) is 0 Å². The summed E-state index contributed by atoms with van der Waals surface area (Å²) >= 11 is 0. The summed E-state index contributed by atoms with van der Waals surface area (Å²) in [5.74, 6) is 0. The summed E-state index contributed by atoms with van der Waals surface area (Å²) in [7, 11) is 2.17. The molecule has 2 aliphatic heterocycles. The highest BCUT2D eigenvalue weighted by Crippen LogP contribution is 1.95. The van der Waals surface area contributed by atoms with Crippen LogP contribution in [0.1, 0.15) is 6.92 Å². The zero-order chi connectivity index (χ0) is 12.5. The maximum Gasteiger partial charge on any atom is 0.0558 e. The minimum absolute atomic E-state index is 0.292. The molecular formula is C12H28N4O. The van der Waals surface area contributed by atoms with Crippen molar-refractivity contribution in [3.63, 3.8) is 0 Å². The molecule has 0 saturated carbocycles. The summed E-state index contributed by atoms with van der Waals surface area (Å²) in [6.07, 6.45) is 0. The molecule has 2 heterocycles. The maximum atomic E-state index is 8.56. The van der Waals surface area contributed by atoms with Crippen molar-refractivity contribution in [2.45, 2.75) is 13.0 Å². The van der Waals surface area contributed by atoms with E-state index in [0.717, 1.165) is 51.9 Å². The summed E-state index contributed by atoms with van der Waals surface area (Å²) in [4.78, 5) is 4.63. The van der Waals surface area contributed by atoms with Crippen LogP contribution in [0.5, 0.6) is 0 Å². The molecule has 0 spiro atoms. The Bertz CT molecular complexity index is 173. The van der Waals surface area contributed by atoms with Crippen molar-refractivity contribution < 1.29 is 5.11 Å². The molecule has 2 saturated heterocycles. The van der Waals surface area contributed by atoms with Gasteiger partial charge in [0.15, 0.2) is 0 Å². The Morgan fingerprint density at radius 1 is 1.12 bits per heavy atom. The molecule has 3 N–H and O–H groups in total. The van der Waals surface area contributed by atoms with E-state index in [1.165, 1.54) is 6.54 Å². The first-order chi connectivity index (χ1) is 8.24. The van der Waals surface area contributed by atoms with Gasteiger partial charge in [-0.2, -0.15) is 0 Å². The number of β-amino-alcohol motifs (C(OH)–C–C–N with tert-alkyl or cyclic N) is 1. The summed E-state index contributed by atoms with van der Waals surface area (Å²) in [5.41, 5.74) is 0. The van der Waals surface area contributed by atoms with Gasteiger partial charge >= 0.3 is 0 Å². The van der Waals surface area contributed by atoms with Crippen LogP contribution in [0, 0.1) is 0 Å². The van der Waals surface area contributed by atoms with Gasteiger partial charge in [-0.3, -0.25) is 4.90 Å². The van der Waals surface area contributed by atoms with Gasteiger partial charge in [0, 0.05) is 58.4 Å². The van der Waals surface area contributed by atoms with Crippen LogP contribution in [0.15, 0.2) is 0 Å². The molecule has 0 aromatic heterocycles. The lowest BCUT2D eigenvalue weighted by Gasteiger charge is -2.29. The van der Waals surface area contributed by atoms with Crippen LogP contribution in [-0.4, -0.2) is 87.0 Å². The van der Waals surface area contributed by atoms with Crippen molar-refractivity contribution in [2.75, 3.05) is 66.0 Å². The van der Waals surface area contributed by atoms with Crippen LogP contribution >= 0.6 is 0 Å². The zero-order valence-electron chi connectivity index (χ0n) is 11.3. The van der Waals surface area contributed by atoms with Crippen molar-refractivity contribution in [3.05, 3.63) is 0 Å². The number of nitrogens with zero attached hydrogens (tertiary/aromatic N) is 2. The molecule has 0 aromatic rings. The largest absolute Gasteiger partial charge is 0.395 e. The van der Waals surface area contributed by atoms with Gasteiger partial charge in [0.1, 0.15) is 0 Å². The smallest absolute Gasteiger partial charge is 0.0558 e. The highest BCUT2D eigenvalue weighted by atomic mass is 16.3. The van der Waals surface area contributed by atoms with Gasteiger partial charge in [0.25, 0.3) is 0 Å². The second-order valence-electron chi connectivity index (χ2n) is 4.85. The fourth-order valence-electron chi connectivity index (χ4n) is 2.02. The Kier molecular flexibility index (Phi) is 7.72. The van der Waals surface area contributed by atoms with Gasteiger partial charge in [0.05, 0.1) is 6.61 Å². The van der Waals surface area contributed by atoms with E-state index < -0.39 is 0 Å². The van der Waals surface area contributed by atoms with Gasteiger partial charge in [-0.25, -0.2) is 0 Å². The number of hydrogen-bond donors (Lipinski definition) is 3. The van der Waals surface area contributed by atoms with E-state index in [1.807, 2.05) is 0 Å². The summed E-state index contributed by atoms with van der Waals surface area (Å²) in [6.45, 7) is 11.2. The van der Waals surface area contributed by atoms with Gasteiger partial charge in [-0.05, 0) is 14.0 Å². The Hall–Kier alpha value is -0.200. The molecular weight excluding hydrogens is 216 g/mol. The van der Waals surface area contributed by atoms with E-state index in [0.29, 0.717) is 6.61 Å². The van der Waals surface area contributed by atoms with Crippen molar-refractivity contribution in [2.24, 2.45) is 0 Å². The number of rotatable bonds is 2. The van der Waals surface area contributed by atoms with E-state index in [2.05, 4.69) is 34.4 Å². The molecule has 0 aromatic carbocycles. The molecule has 0 bridgehead atoms. The van der Waals surface area contributed by atoms with E-state index in [1.54, 1.807) is 0 Å². The second kappa shape index (κ2) is 8.83. The lowest BCUT2D eigenvalue weighted by atomic mass is 10.2. The molecule has 17 heavy (non-hydrogen) atoms. The van der Waals surface area contributed by atoms with Gasteiger partial charge in [-0.1, -0.05) is 0 Å². The van der Waals surface area contributed by atoms with Crippen LogP contribution in [0.4, 0.5) is 0 Å².